The minimum absolute atomic E-state index is 0.100. The van der Waals surface area contributed by atoms with Gasteiger partial charge in [0.2, 0.25) is 5.91 Å². The molecule has 1 saturated heterocycles. The number of hydrogen-bond acceptors (Lipinski definition) is 4. The van der Waals surface area contributed by atoms with Crippen molar-refractivity contribution in [1.82, 2.24) is 10.6 Å². The van der Waals surface area contributed by atoms with Gasteiger partial charge < -0.3 is 20.7 Å². The molecule has 0 bridgehead atoms. The van der Waals surface area contributed by atoms with Crippen molar-refractivity contribution in [3.8, 4) is 0 Å². The quantitative estimate of drug-likeness (QED) is 0.366. The Morgan fingerprint density at radius 2 is 2.42 bits per heavy atom. The van der Waals surface area contributed by atoms with Crippen molar-refractivity contribution in [2.75, 3.05) is 13.0 Å². The van der Waals surface area contributed by atoms with Crippen molar-refractivity contribution in [3.63, 3.8) is 0 Å². The largest absolute Gasteiger partial charge is 0.472 e. The first kappa shape index (κ1) is 9.50. The minimum Gasteiger partial charge on any atom is -0.426 e. The van der Waals surface area contributed by atoms with Crippen molar-refractivity contribution in [2.45, 2.75) is 18.9 Å². The van der Waals surface area contributed by atoms with E-state index in [0.717, 1.165) is 19.4 Å². The number of carbonyl (C=O) groups is 1. The van der Waals surface area contributed by atoms with Crippen LogP contribution in [0, 0.1) is 0 Å². The van der Waals surface area contributed by atoms with Crippen LogP contribution in [0.15, 0.2) is 0 Å². The molecule has 12 heavy (non-hydrogen) atoms. The maximum Gasteiger partial charge on any atom is 0.472 e. The lowest BCUT2D eigenvalue weighted by Gasteiger charge is -2.09. The van der Waals surface area contributed by atoms with Gasteiger partial charge in [0.25, 0.3) is 0 Å². The Morgan fingerprint density at radius 3 is 2.92 bits per heavy atom. The summed E-state index contributed by atoms with van der Waals surface area (Å²) in [5, 5.41) is 22.4. The zero-order valence-corrected chi connectivity index (χ0v) is 6.79. The number of rotatable bonds is 3. The normalized spacial score (nSPS) is 22.3. The summed E-state index contributed by atoms with van der Waals surface area (Å²) in [4.78, 5) is 11.2. The summed E-state index contributed by atoms with van der Waals surface area (Å²) < 4.78 is 0. The Morgan fingerprint density at radius 1 is 1.67 bits per heavy atom. The predicted molar refractivity (Wildman–Crippen MR) is 44.2 cm³/mol. The SMILES string of the molecule is O=C(NCB(O)O)[C@@H]1CCCN1. The van der Waals surface area contributed by atoms with Gasteiger partial charge in [-0.1, -0.05) is 0 Å². The van der Waals surface area contributed by atoms with Crippen LogP contribution in [0.2, 0.25) is 0 Å². The van der Waals surface area contributed by atoms with Crippen LogP contribution in [0.5, 0.6) is 0 Å². The minimum atomic E-state index is -1.46. The number of hydrogen-bond donors (Lipinski definition) is 4. The van der Waals surface area contributed by atoms with Crippen LogP contribution in [0.4, 0.5) is 0 Å². The average molecular weight is 172 g/mol. The van der Waals surface area contributed by atoms with Gasteiger partial charge in [-0.15, -0.1) is 0 Å². The third-order valence-electron chi connectivity index (χ3n) is 1.84. The smallest absolute Gasteiger partial charge is 0.426 e. The summed E-state index contributed by atoms with van der Waals surface area (Å²) in [5.41, 5.74) is 0. The van der Waals surface area contributed by atoms with E-state index < -0.39 is 7.12 Å². The van der Waals surface area contributed by atoms with E-state index in [1.54, 1.807) is 0 Å². The molecule has 6 heteroatoms. The van der Waals surface area contributed by atoms with Gasteiger partial charge in [0.1, 0.15) is 0 Å². The van der Waals surface area contributed by atoms with Gasteiger partial charge in [-0.05, 0) is 19.4 Å². The van der Waals surface area contributed by atoms with Crippen LogP contribution >= 0.6 is 0 Å². The van der Waals surface area contributed by atoms with E-state index in [1.165, 1.54) is 0 Å². The zero-order chi connectivity index (χ0) is 8.97. The average Bonchev–Trinajstić information content (AvgIpc) is 2.51. The molecule has 0 aromatic heterocycles. The number of amides is 1. The third-order valence-corrected chi connectivity index (χ3v) is 1.84. The van der Waals surface area contributed by atoms with Crippen LogP contribution in [0.3, 0.4) is 0 Å². The van der Waals surface area contributed by atoms with Gasteiger partial charge in [-0.2, -0.15) is 0 Å². The van der Waals surface area contributed by atoms with E-state index in [0.29, 0.717) is 0 Å². The molecule has 1 heterocycles. The molecule has 0 aromatic rings. The van der Waals surface area contributed by atoms with Gasteiger partial charge in [0.15, 0.2) is 0 Å². The lowest BCUT2D eigenvalue weighted by molar-refractivity contribution is -0.122. The van der Waals surface area contributed by atoms with Crippen LogP contribution in [-0.2, 0) is 4.79 Å². The second-order valence-corrected chi connectivity index (χ2v) is 2.87. The summed E-state index contributed by atoms with van der Waals surface area (Å²) in [7, 11) is -1.46. The van der Waals surface area contributed by atoms with E-state index >= 15 is 0 Å². The summed E-state index contributed by atoms with van der Waals surface area (Å²) in [6.07, 6.45) is 1.73. The molecule has 4 N–H and O–H groups in total. The van der Waals surface area contributed by atoms with Crippen molar-refractivity contribution >= 4 is 13.0 Å². The lowest BCUT2D eigenvalue weighted by atomic mass is 9.92. The molecule has 0 saturated carbocycles. The first-order chi connectivity index (χ1) is 5.70. The third kappa shape index (κ3) is 2.81. The van der Waals surface area contributed by atoms with Gasteiger partial charge in [-0.25, -0.2) is 0 Å². The highest BCUT2D eigenvalue weighted by Gasteiger charge is 2.22. The molecule has 1 rings (SSSR count). The maximum atomic E-state index is 11.2. The van der Waals surface area contributed by atoms with E-state index in [1.807, 2.05) is 0 Å². The fourth-order valence-electron chi connectivity index (χ4n) is 1.22. The number of carbonyl (C=O) groups excluding carboxylic acids is 1. The van der Waals surface area contributed by atoms with Crippen LogP contribution in [-0.4, -0.2) is 42.1 Å². The molecule has 0 aliphatic carbocycles. The monoisotopic (exact) mass is 172 g/mol. The standard InChI is InChI=1S/C6H13BN2O3/c10-6(9-4-7(11)12)5-2-1-3-8-5/h5,8,11-12H,1-4H2,(H,9,10)/t5-/m0/s1. The van der Waals surface area contributed by atoms with Crippen LogP contribution < -0.4 is 10.6 Å². The first-order valence-corrected chi connectivity index (χ1v) is 4.07. The van der Waals surface area contributed by atoms with E-state index in [4.69, 9.17) is 10.0 Å². The summed E-state index contributed by atoms with van der Waals surface area (Å²) in [6, 6.07) is -0.149. The second-order valence-electron chi connectivity index (χ2n) is 2.87. The van der Waals surface area contributed by atoms with Crippen molar-refractivity contribution in [1.29, 1.82) is 0 Å². The molecule has 1 aliphatic rings. The Labute approximate surface area is 71.3 Å². The van der Waals surface area contributed by atoms with Gasteiger partial charge >= 0.3 is 7.12 Å². The number of nitrogens with one attached hydrogen (secondary N) is 2. The van der Waals surface area contributed by atoms with Gasteiger partial charge in [0.05, 0.1) is 12.5 Å². The lowest BCUT2D eigenvalue weighted by Crippen LogP contribution is -2.44. The molecule has 1 aliphatic heterocycles. The van der Waals surface area contributed by atoms with Crippen molar-refractivity contribution in [2.24, 2.45) is 0 Å². The molecule has 1 atom stereocenters. The second kappa shape index (κ2) is 4.44. The molecule has 5 nitrogen and oxygen atoms in total. The summed E-state index contributed by atoms with van der Waals surface area (Å²) in [6.45, 7) is 0.861. The molecule has 0 spiro atoms. The Hall–Kier alpha value is -0.585. The topological polar surface area (TPSA) is 81.6 Å². The fraction of sp³-hybridized carbons (Fsp3) is 0.833. The highest BCUT2D eigenvalue weighted by atomic mass is 16.4. The van der Waals surface area contributed by atoms with E-state index in [-0.39, 0.29) is 18.4 Å². The summed E-state index contributed by atoms with van der Waals surface area (Å²) in [5.74, 6) is -0.152. The Bertz CT molecular complexity index is 159. The van der Waals surface area contributed by atoms with Crippen LogP contribution in [0.25, 0.3) is 0 Å². The van der Waals surface area contributed by atoms with E-state index in [9.17, 15) is 4.79 Å². The van der Waals surface area contributed by atoms with Crippen molar-refractivity contribution < 1.29 is 14.8 Å². The zero-order valence-electron chi connectivity index (χ0n) is 6.79. The molecule has 1 fully saturated rings. The van der Waals surface area contributed by atoms with Gasteiger partial charge in [0, 0.05) is 0 Å². The Balaban J connectivity index is 2.18. The summed E-state index contributed by atoms with van der Waals surface area (Å²) >= 11 is 0. The van der Waals surface area contributed by atoms with Crippen molar-refractivity contribution in [3.05, 3.63) is 0 Å². The molecule has 0 radical (unpaired) electrons. The molecular weight excluding hydrogens is 159 g/mol. The first-order valence-electron chi connectivity index (χ1n) is 4.07. The Kier molecular flexibility index (Phi) is 3.52. The fourth-order valence-corrected chi connectivity index (χ4v) is 1.22. The van der Waals surface area contributed by atoms with E-state index in [2.05, 4.69) is 10.6 Å². The molecule has 68 valence electrons. The molecule has 0 unspecified atom stereocenters. The maximum absolute atomic E-state index is 11.2. The molecule has 0 aromatic carbocycles. The van der Waals surface area contributed by atoms with Crippen LogP contribution in [0.1, 0.15) is 12.8 Å². The predicted octanol–water partition coefficient (Wildman–Crippen LogP) is -2.13. The van der Waals surface area contributed by atoms with Gasteiger partial charge in [-0.3, -0.25) is 4.79 Å². The highest BCUT2D eigenvalue weighted by Crippen LogP contribution is 2.03. The molecule has 1 amide bonds. The highest BCUT2D eigenvalue weighted by molar-refractivity contribution is 6.41. The molecular formula is C6H13BN2O3.